The van der Waals surface area contributed by atoms with Gasteiger partial charge in [0.1, 0.15) is 11.9 Å². The van der Waals surface area contributed by atoms with Crippen LogP contribution in [0.2, 0.25) is 0 Å². The van der Waals surface area contributed by atoms with Gasteiger partial charge >= 0.3 is 6.09 Å². The summed E-state index contributed by atoms with van der Waals surface area (Å²) < 4.78 is 28.9. The normalized spacial score (nSPS) is 16.0. The molecule has 7 nitrogen and oxygen atoms in total. The van der Waals surface area contributed by atoms with Crippen molar-refractivity contribution in [1.29, 1.82) is 0 Å². The van der Waals surface area contributed by atoms with Crippen molar-refractivity contribution in [2.75, 3.05) is 32.2 Å². The highest BCUT2D eigenvalue weighted by Crippen LogP contribution is 2.33. The molecule has 3 rings (SSSR count). The Labute approximate surface area is 155 Å². The quantitative estimate of drug-likeness (QED) is 0.841. The maximum absolute atomic E-state index is 13.2. The second kappa shape index (κ2) is 7.94. The number of benzene rings is 2. The zero-order valence-electron chi connectivity index (χ0n) is 14.9. The number of carbonyl (C=O) groups is 2. The van der Waals surface area contributed by atoms with E-state index in [2.05, 4.69) is 5.32 Å². The molecule has 1 aliphatic rings. The number of amides is 2. The average Bonchev–Trinajstić information content (AvgIpc) is 3.06. The lowest BCUT2D eigenvalue weighted by Gasteiger charge is -2.15. The van der Waals surface area contributed by atoms with Gasteiger partial charge in [0, 0.05) is 11.6 Å². The van der Waals surface area contributed by atoms with Crippen LogP contribution in [0.3, 0.4) is 0 Å². The second-order valence-corrected chi connectivity index (χ2v) is 5.88. The molecule has 1 fully saturated rings. The number of anilines is 1. The van der Waals surface area contributed by atoms with Gasteiger partial charge in [-0.25, -0.2) is 9.18 Å². The molecule has 1 N–H and O–H groups in total. The largest absolute Gasteiger partial charge is 0.493 e. The van der Waals surface area contributed by atoms with Crippen LogP contribution >= 0.6 is 0 Å². The first-order valence-electron chi connectivity index (χ1n) is 8.25. The van der Waals surface area contributed by atoms with E-state index in [1.807, 2.05) is 0 Å². The molecule has 27 heavy (non-hydrogen) atoms. The van der Waals surface area contributed by atoms with E-state index in [9.17, 15) is 14.0 Å². The molecule has 142 valence electrons. The number of hydrogen-bond donors (Lipinski definition) is 1. The minimum absolute atomic E-state index is 0.116. The summed E-state index contributed by atoms with van der Waals surface area (Å²) >= 11 is 0. The van der Waals surface area contributed by atoms with Crippen molar-refractivity contribution in [2.24, 2.45) is 0 Å². The van der Waals surface area contributed by atoms with E-state index in [-0.39, 0.29) is 18.7 Å². The summed E-state index contributed by atoms with van der Waals surface area (Å²) in [6.07, 6.45) is -1.05. The Balaban J connectivity index is 1.63. The highest BCUT2D eigenvalue weighted by Gasteiger charge is 2.33. The molecule has 1 aliphatic heterocycles. The highest BCUT2D eigenvalue weighted by atomic mass is 19.1. The van der Waals surface area contributed by atoms with E-state index < -0.39 is 23.9 Å². The van der Waals surface area contributed by atoms with E-state index in [1.165, 1.54) is 37.3 Å². The lowest BCUT2D eigenvalue weighted by atomic mass is 10.2. The van der Waals surface area contributed by atoms with Crippen LogP contribution in [0.1, 0.15) is 10.4 Å². The molecule has 0 radical (unpaired) electrons. The zero-order chi connectivity index (χ0) is 19.4. The maximum atomic E-state index is 13.2. The van der Waals surface area contributed by atoms with Gasteiger partial charge in [0.05, 0.1) is 33.0 Å². The van der Waals surface area contributed by atoms with Crippen LogP contribution in [0.5, 0.6) is 11.5 Å². The van der Waals surface area contributed by atoms with Gasteiger partial charge in [-0.2, -0.15) is 0 Å². The van der Waals surface area contributed by atoms with Gasteiger partial charge in [-0.05, 0) is 30.3 Å². The Morgan fingerprint density at radius 2 is 2.00 bits per heavy atom. The molecule has 0 aromatic heterocycles. The van der Waals surface area contributed by atoms with Crippen molar-refractivity contribution in [3.63, 3.8) is 0 Å². The highest BCUT2D eigenvalue weighted by molar-refractivity contribution is 5.94. The number of ether oxygens (including phenoxy) is 3. The number of nitrogens with one attached hydrogen (secondary N) is 1. The number of hydrogen-bond acceptors (Lipinski definition) is 5. The van der Waals surface area contributed by atoms with E-state index in [0.717, 1.165) is 6.07 Å². The van der Waals surface area contributed by atoms with E-state index >= 15 is 0 Å². The van der Waals surface area contributed by atoms with Gasteiger partial charge in [-0.1, -0.05) is 6.07 Å². The van der Waals surface area contributed by atoms with E-state index in [4.69, 9.17) is 14.2 Å². The molecule has 8 heteroatoms. The molecule has 1 saturated heterocycles. The van der Waals surface area contributed by atoms with Crippen molar-refractivity contribution in [3.05, 3.63) is 53.8 Å². The summed E-state index contributed by atoms with van der Waals surface area (Å²) in [5, 5.41) is 2.65. The Morgan fingerprint density at radius 3 is 2.70 bits per heavy atom. The second-order valence-electron chi connectivity index (χ2n) is 5.88. The Kier molecular flexibility index (Phi) is 5.44. The van der Waals surface area contributed by atoms with Crippen molar-refractivity contribution < 1.29 is 28.2 Å². The monoisotopic (exact) mass is 374 g/mol. The van der Waals surface area contributed by atoms with Gasteiger partial charge < -0.3 is 19.5 Å². The summed E-state index contributed by atoms with van der Waals surface area (Å²) in [7, 11) is 3.04. The fraction of sp³-hybridized carbons (Fsp3) is 0.263. The molecule has 1 unspecified atom stereocenters. The predicted octanol–water partition coefficient (Wildman–Crippen LogP) is 2.60. The standard InChI is InChI=1S/C19H19FN2O5/c1-25-16-7-6-14(9-17(16)26-2)22-11-15(27-19(22)24)10-21-18(23)12-4-3-5-13(20)8-12/h3-9,15H,10-11H2,1-2H3,(H,21,23). The molecule has 0 spiro atoms. The summed E-state index contributed by atoms with van der Waals surface area (Å²) in [4.78, 5) is 25.7. The molecule has 0 bridgehead atoms. The first-order valence-corrected chi connectivity index (χ1v) is 8.25. The van der Waals surface area contributed by atoms with Crippen LogP contribution in [0.15, 0.2) is 42.5 Å². The number of carbonyl (C=O) groups excluding carboxylic acids is 2. The smallest absolute Gasteiger partial charge is 0.414 e. The third-order valence-electron chi connectivity index (χ3n) is 4.13. The number of rotatable bonds is 6. The Bertz CT molecular complexity index is 858. The van der Waals surface area contributed by atoms with E-state index in [1.54, 1.807) is 18.2 Å². The predicted molar refractivity (Wildman–Crippen MR) is 95.9 cm³/mol. The molecule has 1 heterocycles. The fourth-order valence-electron chi connectivity index (χ4n) is 2.77. The fourth-order valence-corrected chi connectivity index (χ4v) is 2.77. The van der Waals surface area contributed by atoms with Gasteiger partial charge in [0.15, 0.2) is 11.5 Å². The van der Waals surface area contributed by atoms with Crippen molar-refractivity contribution >= 4 is 17.7 Å². The lowest BCUT2D eigenvalue weighted by molar-refractivity contribution is 0.0915. The number of nitrogens with zero attached hydrogens (tertiary/aromatic N) is 1. The lowest BCUT2D eigenvalue weighted by Crippen LogP contribution is -2.34. The first kappa shape index (κ1) is 18.5. The SMILES string of the molecule is COc1ccc(N2CC(CNC(=O)c3cccc(F)c3)OC2=O)cc1OC. The van der Waals surface area contributed by atoms with Crippen molar-refractivity contribution in [3.8, 4) is 11.5 Å². The summed E-state index contributed by atoms with van der Waals surface area (Å²) in [6, 6.07) is 10.5. The molecule has 2 amide bonds. The minimum Gasteiger partial charge on any atom is -0.493 e. The molecule has 2 aromatic carbocycles. The summed E-state index contributed by atoms with van der Waals surface area (Å²) in [6.45, 7) is 0.378. The average molecular weight is 374 g/mol. The Hall–Kier alpha value is -3.29. The topological polar surface area (TPSA) is 77.1 Å². The van der Waals surface area contributed by atoms with Crippen LogP contribution in [0, 0.1) is 5.82 Å². The van der Waals surface area contributed by atoms with Crippen molar-refractivity contribution in [1.82, 2.24) is 5.32 Å². The van der Waals surface area contributed by atoms with Gasteiger partial charge in [-0.15, -0.1) is 0 Å². The van der Waals surface area contributed by atoms with Crippen LogP contribution in [-0.2, 0) is 4.74 Å². The van der Waals surface area contributed by atoms with Crippen LogP contribution in [-0.4, -0.2) is 45.4 Å². The van der Waals surface area contributed by atoms with Crippen LogP contribution < -0.4 is 19.7 Å². The molecule has 0 saturated carbocycles. The number of methoxy groups -OCH3 is 2. The number of cyclic esters (lactones) is 1. The zero-order valence-corrected chi connectivity index (χ0v) is 14.9. The van der Waals surface area contributed by atoms with E-state index in [0.29, 0.717) is 17.2 Å². The molecular weight excluding hydrogens is 355 g/mol. The molecular formula is C19H19FN2O5. The maximum Gasteiger partial charge on any atom is 0.414 e. The minimum atomic E-state index is -0.525. The number of halogens is 1. The molecule has 0 aliphatic carbocycles. The first-order chi connectivity index (χ1) is 13.0. The van der Waals surface area contributed by atoms with Gasteiger partial charge in [-0.3, -0.25) is 9.69 Å². The van der Waals surface area contributed by atoms with Gasteiger partial charge in [0.25, 0.3) is 5.91 Å². The molecule has 1 atom stereocenters. The van der Waals surface area contributed by atoms with Crippen LogP contribution in [0.25, 0.3) is 0 Å². The Morgan fingerprint density at radius 1 is 1.22 bits per heavy atom. The van der Waals surface area contributed by atoms with Crippen LogP contribution in [0.4, 0.5) is 14.9 Å². The third-order valence-corrected chi connectivity index (χ3v) is 4.13. The summed E-state index contributed by atoms with van der Waals surface area (Å²) in [5.74, 6) is 0.114. The summed E-state index contributed by atoms with van der Waals surface area (Å²) in [5.41, 5.74) is 0.799. The van der Waals surface area contributed by atoms with Crippen molar-refractivity contribution in [2.45, 2.75) is 6.10 Å². The van der Waals surface area contributed by atoms with Gasteiger partial charge in [0.2, 0.25) is 0 Å². The third kappa shape index (κ3) is 4.11. The molecule has 2 aromatic rings.